The van der Waals surface area contributed by atoms with Crippen LogP contribution in [0.25, 0.3) is 0 Å². The largest absolute Gasteiger partial charge is 0.490 e. The van der Waals surface area contributed by atoms with Crippen molar-refractivity contribution in [3.8, 4) is 5.75 Å². The smallest absolute Gasteiger partial charge is 0.323 e. The highest BCUT2D eigenvalue weighted by molar-refractivity contribution is 6.42. The highest BCUT2D eigenvalue weighted by atomic mass is 35.5. The van der Waals surface area contributed by atoms with E-state index in [0.29, 0.717) is 16.0 Å². The molecule has 2 aromatic rings. The molecule has 0 spiro atoms. The van der Waals surface area contributed by atoms with Gasteiger partial charge < -0.3 is 14.4 Å². The van der Waals surface area contributed by atoms with Crippen molar-refractivity contribution in [2.24, 2.45) is 5.92 Å². The first-order chi connectivity index (χ1) is 16.9. The molecule has 2 fully saturated rings. The SMILES string of the molecule is COC(=O)[C@H]([C@@H](C)c1ccccc1)N1CCC(CN2CCC(Oc3ccc(Cl)c(Cl)c3)CC2)CC1. The number of piperidine rings is 2. The minimum atomic E-state index is -0.238. The Bertz CT molecular complexity index is 958. The molecule has 0 saturated carbocycles. The molecule has 2 atom stereocenters. The van der Waals surface area contributed by atoms with Crippen molar-refractivity contribution in [1.29, 1.82) is 0 Å². The quantitative estimate of drug-likeness (QED) is 0.407. The van der Waals surface area contributed by atoms with Crippen LogP contribution in [0.1, 0.15) is 44.1 Å². The normalized spacial score (nSPS) is 20.3. The van der Waals surface area contributed by atoms with Gasteiger partial charge in [-0.1, -0.05) is 60.5 Å². The third-order valence-corrected chi connectivity index (χ3v) is 8.27. The second kappa shape index (κ2) is 12.4. The van der Waals surface area contributed by atoms with Crippen molar-refractivity contribution < 1.29 is 14.3 Å². The van der Waals surface area contributed by atoms with Crippen LogP contribution in [0.2, 0.25) is 10.0 Å². The van der Waals surface area contributed by atoms with Gasteiger partial charge in [-0.3, -0.25) is 9.69 Å². The Morgan fingerprint density at radius 3 is 2.29 bits per heavy atom. The molecule has 2 aliphatic heterocycles. The zero-order valence-corrected chi connectivity index (χ0v) is 22.2. The number of carbonyl (C=O) groups is 1. The van der Waals surface area contributed by atoms with Gasteiger partial charge in [-0.25, -0.2) is 0 Å². The van der Waals surface area contributed by atoms with Crippen molar-refractivity contribution in [3.63, 3.8) is 0 Å². The summed E-state index contributed by atoms with van der Waals surface area (Å²) < 4.78 is 11.3. The molecule has 0 aliphatic carbocycles. The molecule has 0 unspecified atom stereocenters. The molecule has 35 heavy (non-hydrogen) atoms. The lowest BCUT2D eigenvalue weighted by Gasteiger charge is -2.41. The van der Waals surface area contributed by atoms with Crippen LogP contribution in [0.3, 0.4) is 0 Å². The number of nitrogens with zero attached hydrogens (tertiary/aromatic N) is 2. The van der Waals surface area contributed by atoms with Gasteiger partial charge in [0.2, 0.25) is 0 Å². The van der Waals surface area contributed by atoms with Crippen LogP contribution in [-0.4, -0.2) is 67.7 Å². The van der Waals surface area contributed by atoms with Crippen molar-refractivity contribution >= 4 is 29.2 Å². The van der Waals surface area contributed by atoms with E-state index in [0.717, 1.165) is 64.2 Å². The number of carbonyl (C=O) groups excluding carboxylic acids is 1. The van der Waals surface area contributed by atoms with Gasteiger partial charge in [0.25, 0.3) is 0 Å². The minimum absolute atomic E-state index is 0.0924. The zero-order chi connectivity index (χ0) is 24.8. The van der Waals surface area contributed by atoms with Crippen molar-refractivity contribution in [2.45, 2.75) is 50.7 Å². The van der Waals surface area contributed by atoms with Crippen molar-refractivity contribution in [2.75, 3.05) is 39.8 Å². The lowest BCUT2D eigenvalue weighted by molar-refractivity contribution is -0.148. The summed E-state index contributed by atoms with van der Waals surface area (Å²) in [6.45, 7) is 7.19. The number of esters is 1. The summed E-state index contributed by atoms with van der Waals surface area (Å²) in [5.74, 6) is 1.40. The maximum absolute atomic E-state index is 12.7. The monoisotopic (exact) mass is 518 g/mol. The molecule has 2 aromatic carbocycles. The average Bonchev–Trinajstić information content (AvgIpc) is 2.89. The molecule has 2 saturated heterocycles. The third-order valence-electron chi connectivity index (χ3n) is 7.53. The number of hydrogen-bond acceptors (Lipinski definition) is 5. The van der Waals surface area contributed by atoms with Gasteiger partial charge in [-0.15, -0.1) is 0 Å². The van der Waals surface area contributed by atoms with Crippen LogP contribution in [0.15, 0.2) is 48.5 Å². The fourth-order valence-electron chi connectivity index (χ4n) is 5.46. The van der Waals surface area contributed by atoms with Gasteiger partial charge >= 0.3 is 5.97 Å². The number of halogens is 2. The van der Waals surface area contributed by atoms with Gasteiger partial charge in [0.1, 0.15) is 17.9 Å². The van der Waals surface area contributed by atoms with E-state index in [1.165, 1.54) is 12.7 Å². The zero-order valence-electron chi connectivity index (χ0n) is 20.7. The van der Waals surface area contributed by atoms with E-state index >= 15 is 0 Å². The summed E-state index contributed by atoms with van der Waals surface area (Å²) >= 11 is 12.1. The molecule has 2 aliphatic rings. The van der Waals surface area contributed by atoms with E-state index in [9.17, 15) is 4.79 Å². The Hall–Kier alpha value is -1.79. The molecule has 2 heterocycles. The minimum Gasteiger partial charge on any atom is -0.490 e. The second-order valence-electron chi connectivity index (χ2n) is 9.84. The third kappa shape index (κ3) is 6.91. The summed E-state index contributed by atoms with van der Waals surface area (Å²) in [6.07, 6.45) is 4.45. The van der Waals surface area contributed by atoms with Crippen molar-refractivity contribution in [3.05, 3.63) is 64.1 Å². The lowest BCUT2D eigenvalue weighted by atomic mass is 9.88. The number of likely N-dealkylation sites (tertiary alicyclic amines) is 2. The van der Waals surface area contributed by atoms with Crippen LogP contribution in [0.5, 0.6) is 5.75 Å². The highest BCUT2D eigenvalue weighted by Gasteiger charge is 2.35. The predicted octanol–water partition coefficient (Wildman–Crippen LogP) is 5.89. The maximum atomic E-state index is 12.7. The summed E-state index contributed by atoms with van der Waals surface area (Å²) in [7, 11) is 1.49. The Morgan fingerprint density at radius 2 is 1.66 bits per heavy atom. The number of rotatable bonds is 8. The Morgan fingerprint density at radius 1 is 0.971 bits per heavy atom. The summed E-state index contributed by atoms with van der Waals surface area (Å²) in [4.78, 5) is 17.6. The van der Waals surface area contributed by atoms with Gasteiger partial charge in [0, 0.05) is 31.6 Å². The fraction of sp³-hybridized carbons (Fsp3) is 0.536. The van der Waals surface area contributed by atoms with Crippen molar-refractivity contribution in [1.82, 2.24) is 9.80 Å². The first-order valence-corrected chi connectivity index (χ1v) is 13.4. The lowest BCUT2D eigenvalue weighted by Crippen LogP contribution is -2.50. The molecule has 0 aromatic heterocycles. The Labute approximate surface area is 219 Å². The van der Waals surface area contributed by atoms with Crippen LogP contribution in [0, 0.1) is 5.92 Å². The van der Waals surface area contributed by atoms with Crippen LogP contribution >= 0.6 is 23.2 Å². The standard InChI is InChI=1S/C28H36Cl2N2O3/c1-20(22-6-4-3-5-7-22)27(28(33)34-2)32-16-10-21(11-17-32)19-31-14-12-23(13-15-31)35-24-8-9-25(29)26(30)18-24/h3-9,18,20-21,23,27H,10-17,19H2,1-2H3/t20-,27-/m0/s1. The van der Waals surface area contributed by atoms with Crippen LogP contribution in [-0.2, 0) is 9.53 Å². The number of hydrogen-bond donors (Lipinski definition) is 0. The molecular weight excluding hydrogens is 483 g/mol. The van der Waals surface area contributed by atoms with E-state index in [4.69, 9.17) is 32.7 Å². The molecule has 4 rings (SSSR count). The van der Waals surface area contributed by atoms with Gasteiger partial charge in [-0.05, 0) is 62.4 Å². The Balaban J connectivity index is 1.24. The number of ether oxygens (including phenoxy) is 2. The number of methoxy groups -OCH3 is 1. The fourth-order valence-corrected chi connectivity index (χ4v) is 5.75. The maximum Gasteiger partial charge on any atom is 0.323 e. The second-order valence-corrected chi connectivity index (χ2v) is 10.7. The van der Waals surface area contributed by atoms with Crippen LogP contribution < -0.4 is 4.74 Å². The van der Waals surface area contributed by atoms with Gasteiger partial charge in [0.15, 0.2) is 0 Å². The molecular formula is C28H36Cl2N2O3. The van der Waals surface area contributed by atoms with E-state index in [1.807, 2.05) is 24.3 Å². The molecule has 0 N–H and O–H groups in total. The summed E-state index contributed by atoms with van der Waals surface area (Å²) in [6, 6.07) is 15.5. The molecule has 0 amide bonds. The van der Waals surface area contributed by atoms with E-state index in [-0.39, 0.29) is 24.0 Å². The first kappa shape index (κ1) is 26.3. The summed E-state index contributed by atoms with van der Waals surface area (Å²) in [5.41, 5.74) is 1.18. The molecule has 190 valence electrons. The van der Waals surface area contributed by atoms with Crippen LogP contribution in [0.4, 0.5) is 0 Å². The molecule has 0 bridgehead atoms. The Kier molecular flexibility index (Phi) is 9.34. The van der Waals surface area contributed by atoms with E-state index < -0.39 is 0 Å². The topological polar surface area (TPSA) is 42.0 Å². The highest BCUT2D eigenvalue weighted by Crippen LogP contribution is 2.30. The number of benzene rings is 2. The summed E-state index contributed by atoms with van der Waals surface area (Å²) in [5, 5.41) is 1.08. The molecule has 5 nitrogen and oxygen atoms in total. The molecule has 7 heteroatoms. The van der Waals surface area contributed by atoms with E-state index in [2.05, 4.69) is 28.9 Å². The van der Waals surface area contributed by atoms with E-state index in [1.54, 1.807) is 12.1 Å². The van der Waals surface area contributed by atoms with Gasteiger partial charge in [0.05, 0.1) is 17.2 Å². The average molecular weight is 520 g/mol. The first-order valence-electron chi connectivity index (χ1n) is 12.7. The predicted molar refractivity (Wildman–Crippen MR) is 142 cm³/mol. The van der Waals surface area contributed by atoms with Gasteiger partial charge in [-0.2, -0.15) is 0 Å². The molecule has 0 radical (unpaired) electrons.